The van der Waals surface area contributed by atoms with Crippen molar-refractivity contribution < 1.29 is 0 Å². The largest absolute Gasteiger partial charge is 0.175 e. The lowest BCUT2D eigenvalue weighted by Gasteiger charge is -2.02. The van der Waals surface area contributed by atoms with Crippen LogP contribution in [0.2, 0.25) is 0 Å². The standard InChI is InChI=1S/C13H20S/c1-5-7-8-11(3)12(4)9-13(6-2)10-14/h5-9,14H,10H2,1-4H3/b7-5-,11-8+,12-9+,13-6+. The van der Waals surface area contributed by atoms with Crippen LogP contribution in [-0.2, 0) is 0 Å². The van der Waals surface area contributed by atoms with Crippen LogP contribution in [0.25, 0.3) is 0 Å². The number of thiol groups is 1. The average Bonchev–Trinajstić information content (AvgIpc) is 2.21. The van der Waals surface area contributed by atoms with E-state index in [1.54, 1.807) is 0 Å². The summed E-state index contributed by atoms with van der Waals surface area (Å²) < 4.78 is 0. The highest BCUT2D eigenvalue weighted by atomic mass is 32.1. The number of rotatable bonds is 4. The van der Waals surface area contributed by atoms with E-state index >= 15 is 0 Å². The third kappa shape index (κ3) is 5.13. The predicted octanol–water partition coefficient (Wildman–Crippen LogP) is 4.33. The molecule has 0 aliphatic carbocycles. The van der Waals surface area contributed by atoms with Crippen molar-refractivity contribution in [1.82, 2.24) is 0 Å². The summed E-state index contributed by atoms with van der Waals surface area (Å²) in [4.78, 5) is 0. The van der Waals surface area contributed by atoms with Crippen molar-refractivity contribution in [3.05, 3.63) is 47.1 Å². The molecule has 0 aromatic heterocycles. The van der Waals surface area contributed by atoms with Crippen molar-refractivity contribution in [2.75, 3.05) is 5.75 Å². The second kappa shape index (κ2) is 7.69. The van der Waals surface area contributed by atoms with Crippen LogP contribution in [0.1, 0.15) is 27.7 Å². The molecule has 0 fully saturated rings. The van der Waals surface area contributed by atoms with E-state index in [9.17, 15) is 0 Å². The van der Waals surface area contributed by atoms with Gasteiger partial charge in [0, 0.05) is 5.75 Å². The average molecular weight is 208 g/mol. The molecule has 0 rings (SSSR count). The molecule has 0 bridgehead atoms. The fourth-order valence-corrected chi connectivity index (χ4v) is 1.26. The number of hydrogen-bond donors (Lipinski definition) is 1. The van der Waals surface area contributed by atoms with Crippen LogP contribution in [-0.4, -0.2) is 5.75 Å². The molecule has 0 aromatic carbocycles. The second-order valence-electron chi connectivity index (χ2n) is 3.22. The van der Waals surface area contributed by atoms with Gasteiger partial charge in [-0.3, -0.25) is 0 Å². The summed E-state index contributed by atoms with van der Waals surface area (Å²) in [5, 5.41) is 0. The Morgan fingerprint density at radius 2 is 1.79 bits per heavy atom. The molecule has 14 heavy (non-hydrogen) atoms. The SMILES string of the molecule is C\C=C/C=C(C)/C(C)=C/C(=C\C)CS. The Morgan fingerprint density at radius 3 is 2.21 bits per heavy atom. The molecule has 0 radical (unpaired) electrons. The highest BCUT2D eigenvalue weighted by molar-refractivity contribution is 7.80. The molecule has 78 valence electrons. The summed E-state index contributed by atoms with van der Waals surface area (Å²) in [7, 11) is 0. The Balaban J connectivity index is 4.68. The van der Waals surface area contributed by atoms with Crippen molar-refractivity contribution in [2.45, 2.75) is 27.7 Å². The molecular weight excluding hydrogens is 188 g/mol. The minimum Gasteiger partial charge on any atom is -0.175 e. The van der Waals surface area contributed by atoms with Gasteiger partial charge in [-0.1, -0.05) is 30.4 Å². The quantitative estimate of drug-likeness (QED) is 0.516. The van der Waals surface area contributed by atoms with Crippen LogP contribution in [0.5, 0.6) is 0 Å². The third-order valence-corrected chi connectivity index (χ3v) is 2.48. The fourth-order valence-electron chi connectivity index (χ4n) is 0.984. The molecule has 0 heterocycles. The Hall–Kier alpha value is -0.690. The summed E-state index contributed by atoms with van der Waals surface area (Å²) in [6.45, 7) is 8.31. The van der Waals surface area contributed by atoms with Crippen LogP contribution in [0.4, 0.5) is 0 Å². The van der Waals surface area contributed by atoms with Gasteiger partial charge in [-0.25, -0.2) is 0 Å². The Labute approximate surface area is 93.5 Å². The van der Waals surface area contributed by atoms with Crippen molar-refractivity contribution >= 4 is 12.6 Å². The smallest absolute Gasteiger partial charge is 0.0151 e. The Kier molecular flexibility index (Phi) is 7.31. The minimum absolute atomic E-state index is 0.796. The van der Waals surface area contributed by atoms with Gasteiger partial charge in [-0.15, -0.1) is 0 Å². The maximum Gasteiger partial charge on any atom is 0.0151 e. The van der Waals surface area contributed by atoms with Crippen molar-refractivity contribution in [2.24, 2.45) is 0 Å². The molecule has 0 saturated carbocycles. The maximum atomic E-state index is 4.26. The second-order valence-corrected chi connectivity index (χ2v) is 3.54. The first-order valence-electron chi connectivity index (χ1n) is 4.90. The molecule has 0 saturated heterocycles. The predicted molar refractivity (Wildman–Crippen MR) is 69.9 cm³/mol. The lowest BCUT2D eigenvalue weighted by Crippen LogP contribution is -1.84. The molecule has 0 aromatic rings. The zero-order valence-electron chi connectivity index (χ0n) is 9.54. The van der Waals surface area contributed by atoms with Crippen molar-refractivity contribution in [1.29, 1.82) is 0 Å². The lowest BCUT2D eigenvalue weighted by atomic mass is 10.1. The van der Waals surface area contributed by atoms with Gasteiger partial charge < -0.3 is 0 Å². The zero-order valence-corrected chi connectivity index (χ0v) is 10.4. The first kappa shape index (κ1) is 13.3. The highest BCUT2D eigenvalue weighted by Crippen LogP contribution is 2.12. The first-order valence-corrected chi connectivity index (χ1v) is 5.53. The van der Waals surface area contributed by atoms with Crippen LogP contribution in [0, 0.1) is 0 Å². The van der Waals surface area contributed by atoms with E-state index in [0.29, 0.717) is 0 Å². The summed E-state index contributed by atoms with van der Waals surface area (Å²) in [6, 6.07) is 0. The van der Waals surface area contributed by atoms with Gasteiger partial charge in [0.25, 0.3) is 0 Å². The van der Waals surface area contributed by atoms with E-state index in [1.807, 2.05) is 19.9 Å². The first-order chi connectivity index (χ1) is 6.65. The minimum atomic E-state index is 0.796. The van der Waals surface area contributed by atoms with Gasteiger partial charge in [0.05, 0.1) is 0 Å². The fraction of sp³-hybridized carbons (Fsp3) is 0.385. The molecular formula is C13H20S. The highest BCUT2D eigenvalue weighted by Gasteiger charge is 1.93. The molecule has 0 aliphatic heterocycles. The van der Waals surface area contributed by atoms with Gasteiger partial charge in [0.2, 0.25) is 0 Å². The van der Waals surface area contributed by atoms with E-state index in [2.05, 4.69) is 50.8 Å². The third-order valence-electron chi connectivity index (χ3n) is 2.12. The van der Waals surface area contributed by atoms with E-state index < -0.39 is 0 Å². The lowest BCUT2D eigenvalue weighted by molar-refractivity contribution is 1.32. The number of allylic oxidation sites excluding steroid dienone is 7. The molecule has 1 heteroatoms. The Morgan fingerprint density at radius 1 is 1.14 bits per heavy atom. The van der Waals surface area contributed by atoms with Crippen molar-refractivity contribution in [3.8, 4) is 0 Å². The van der Waals surface area contributed by atoms with Gasteiger partial charge >= 0.3 is 0 Å². The molecule has 0 amide bonds. The molecule has 0 nitrogen and oxygen atoms in total. The summed E-state index contributed by atoms with van der Waals surface area (Å²) in [6.07, 6.45) is 10.5. The summed E-state index contributed by atoms with van der Waals surface area (Å²) in [5.74, 6) is 0.796. The zero-order chi connectivity index (χ0) is 11.0. The maximum absolute atomic E-state index is 4.26. The van der Waals surface area contributed by atoms with Gasteiger partial charge in [-0.2, -0.15) is 12.6 Å². The van der Waals surface area contributed by atoms with E-state index in [-0.39, 0.29) is 0 Å². The van der Waals surface area contributed by atoms with Crippen molar-refractivity contribution in [3.63, 3.8) is 0 Å². The molecule has 0 atom stereocenters. The summed E-state index contributed by atoms with van der Waals surface area (Å²) in [5.41, 5.74) is 3.86. The van der Waals surface area contributed by atoms with Crippen LogP contribution in [0.15, 0.2) is 47.1 Å². The van der Waals surface area contributed by atoms with Crippen LogP contribution in [0.3, 0.4) is 0 Å². The monoisotopic (exact) mass is 208 g/mol. The topological polar surface area (TPSA) is 0 Å². The molecule has 0 spiro atoms. The normalized spacial score (nSPS) is 15.4. The van der Waals surface area contributed by atoms with E-state index in [1.165, 1.54) is 16.7 Å². The van der Waals surface area contributed by atoms with E-state index in [0.717, 1.165) is 5.75 Å². The van der Waals surface area contributed by atoms with Gasteiger partial charge in [0.1, 0.15) is 0 Å². The molecule has 0 unspecified atom stereocenters. The van der Waals surface area contributed by atoms with Crippen LogP contribution >= 0.6 is 12.6 Å². The summed E-state index contributed by atoms with van der Waals surface area (Å²) >= 11 is 4.26. The van der Waals surface area contributed by atoms with Gasteiger partial charge in [-0.05, 0) is 44.4 Å². The number of hydrogen-bond acceptors (Lipinski definition) is 1. The van der Waals surface area contributed by atoms with Gasteiger partial charge in [0.15, 0.2) is 0 Å². The van der Waals surface area contributed by atoms with Crippen LogP contribution < -0.4 is 0 Å². The van der Waals surface area contributed by atoms with E-state index in [4.69, 9.17) is 0 Å². The Bertz CT molecular complexity index is 278. The molecule has 0 N–H and O–H groups in total. The molecule has 0 aliphatic rings.